The number of benzene rings is 3. The van der Waals surface area contributed by atoms with Crippen LogP contribution in [0.3, 0.4) is 0 Å². The predicted octanol–water partition coefficient (Wildman–Crippen LogP) is 6.72. The summed E-state index contributed by atoms with van der Waals surface area (Å²) in [5.41, 5.74) is 5.05. The third kappa shape index (κ3) is 5.13. The normalized spacial score (nSPS) is 15.0. The Bertz CT molecular complexity index is 1150. The van der Waals surface area contributed by atoms with Crippen molar-refractivity contribution >= 4 is 40.5 Å². The largest absolute Gasteiger partial charge is 0.497 e. The lowest BCUT2D eigenvalue weighted by Gasteiger charge is -2.32. The van der Waals surface area contributed by atoms with Crippen molar-refractivity contribution in [3.63, 3.8) is 0 Å². The Morgan fingerprint density at radius 2 is 1.79 bits per heavy atom. The fraction of sp³-hybridized carbons (Fsp3) is 0.296. The maximum Gasteiger partial charge on any atom is 0.234 e. The number of nitrogens with zero attached hydrogens (tertiary/aromatic N) is 2. The van der Waals surface area contributed by atoms with Crippen molar-refractivity contribution in [3.8, 4) is 5.75 Å². The molecular weight excluding hydrogens is 455 g/mol. The first-order chi connectivity index (χ1) is 15.9. The smallest absolute Gasteiger partial charge is 0.234 e. The molecule has 0 radical (unpaired) electrons. The zero-order chi connectivity index (χ0) is 23.5. The summed E-state index contributed by atoms with van der Waals surface area (Å²) in [5, 5.41) is 1.00. The highest BCUT2D eigenvalue weighted by Gasteiger charge is 2.32. The van der Waals surface area contributed by atoms with E-state index in [2.05, 4.69) is 35.2 Å². The molecule has 0 aliphatic heterocycles. The van der Waals surface area contributed by atoms with Crippen LogP contribution in [0.5, 0.6) is 5.75 Å². The highest BCUT2D eigenvalue weighted by Crippen LogP contribution is 2.38. The number of amides is 1. The number of hydrogen-bond acceptors (Lipinski definition) is 3. The average molecular weight is 483 g/mol. The molecule has 3 aromatic rings. The summed E-state index contributed by atoms with van der Waals surface area (Å²) in [6, 6.07) is 19.6. The van der Waals surface area contributed by atoms with E-state index in [9.17, 15) is 4.79 Å². The number of carbonyl (C=O) groups is 1. The van der Waals surface area contributed by atoms with Gasteiger partial charge in [0.05, 0.1) is 30.3 Å². The summed E-state index contributed by atoms with van der Waals surface area (Å²) in [7, 11) is 5.67. The average Bonchev–Trinajstić information content (AvgIpc) is 2.82. The molecule has 0 spiro atoms. The minimum Gasteiger partial charge on any atom is -0.497 e. The molecule has 1 atom stereocenters. The van der Waals surface area contributed by atoms with Crippen LogP contribution in [0.2, 0.25) is 10.0 Å². The van der Waals surface area contributed by atoms with Crippen molar-refractivity contribution in [3.05, 3.63) is 87.4 Å². The van der Waals surface area contributed by atoms with E-state index in [1.54, 1.807) is 24.1 Å². The van der Waals surface area contributed by atoms with Crippen LogP contribution < -0.4 is 14.5 Å². The van der Waals surface area contributed by atoms with Crippen molar-refractivity contribution in [2.45, 2.75) is 31.7 Å². The maximum atomic E-state index is 14.1. The molecule has 0 saturated carbocycles. The van der Waals surface area contributed by atoms with Gasteiger partial charge in [0.25, 0.3) is 0 Å². The van der Waals surface area contributed by atoms with Crippen LogP contribution in [0, 0.1) is 0 Å². The summed E-state index contributed by atoms with van der Waals surface area (Å²) < 4.78 is 5.45. The van der Waals surface area contributed by atoms with E-state index in [-0.39, 0.29) is 11.8 Å². The highest BCUT2D eigenvalue weighted by molar-refractivity contribution is 6.36. The summed E-state index contributed by atoms with van der Waals surface area (Å²) >= 11 is 12.7. The van der Waals surface area contributed by atoms with Crippen molar-refractivity contribution in [1.82, 2.24) is 0 Å². The summed E-state index contributed by atoms with van der Waals surface area (Å²) in [4.78, 5) is 17.9. The molecule has 0 aromatic heterocycles. The molecule has 33 heavy (non-hydrogen) atoms. The quantitative estimate of drug-likeness (QED) is 0.390. The summed E-state index contributed by atoms with van der Waals surface area (Å²) in [5.74, 6) is 0.547. The molecule has 4 rings (SSSR count). The van der Waals surface area contributed by atoms with E-state index in [0.717, 1.165) is 41.8 Å². The minimum atomic E-state index is -0.253. The molecule has 6 heteroatoms. The number of fused-ring (bicyclic) bond motifs is 1. The standard InChI is InChI=1S/C27H28Cl2N2O2/c1-30(2)21-11-7-18(8-12-21)17-31(26-14-10-20(28)15-25(26)29)27(32)23-6-4-5-19-9-13-22(33-3)16-24(19)23/h7-16,23H,4-6,17H2,1-3H3. The van der Waals surface area contributed by atoms with Crippen LogP contribution in [-0.2, 0) is 17.8 Å². The zero-order valence-corrected chi connectivity index (χ0v) is 20.7. The number of rotatable bonds is 6. The highest BCUT2D eigenvalue weighted by atomic mass is 35.5. The predicted molar refractivity (Wildman–Crippen MR) is 137 cm³/mol. The Kier molecular flexibility index (Phi) is 7.16. The molecule has 0 heterocycles. The molecule has 1 unspecified atom stereocenters. The Balaban J connectivity index is 1.73. The maximum absolute atomic E-state index is 14.1. The first-order valence-corrected chi connectivity index (χ1v) is 11.8. The van der Waals surface area contributed by atoms with Gasteiger partial charge in [-0.05, 0) is 78.4 Å². The van der Waals surface area contributed by atoms with Gasteiger partial charge in [0, 0.05) is 24.8 Å². The van der Waals surface area contributed by atoms with Crippen LogP contribution in [0.4, 0.5) is 11.4 Å². The molecule has 1 amide bonds. The van der Waals surface area contributed by atoms with Gasteiger partial charge in [-0.25, -0.2) is 0 Å². The molecule has 1 aliphatic rings. The van der Waals surface area contributed by atoms with Crippen LogP contribution in [-0.4, -0.2) is 27.1 Å². The molecule has 1 aliphatic carbocycles. The number of aryl methyl sites for hydroxylation is 1. The minimum absolute atomic E-state index is 0.0325. The second-order valence-corrected chi connectivity index (χ2v) is 9.43. The second-order valence-electron chi connectivity index (χ2n) is 8.59. The van der Waals surface area contributed by atoms with E-state index in [1.165, 1.54) is 5.56 Å². The number of anilines is 2. The second kappa shape index (κ2) is 10.1. The Hall–Kier alpha value is -2.69. The topological polar surface area (TPSA) is 32.8 Å². The third-order valence-corrected chi connectivity index (χ3v) is 6.76. The fourth-order valence-corrected chi connectivity index (χ4v) is 4.92. The van der Waals surface area contributed by atoms with Crippen LogP contribution in [0.25, 0.3) is 0 Å². The zero-order valence-electron chi connectivity index (χ0n) is 19.1. The molecule has 4 nitrogen and oxygen atoms in total. The monoisotopic (exact) mass is 482 g/mol. The molecule has 3 aromatic carbocycles. The first-order valence-electron chi connectivity index (χ1n) is 11.1. The van der Waals surface area contributed by atoms with Crippen LogP contribution >= 0.6 is 23.2 Å². The molecular formula is C27H28Cl2N2O2. The van der Waals surface area contributed by atoms with Crippen molar-refractivity contribution in [1.29, 1.82) is 0 Å². The molecule has 0 fully saturated rings. The molecule has 0 bridgehead atoms. The van der Waals surface area contributed by atoms with E-state index in [1.807, 2.05) is 32.3 Å². The lowest BCUT2D eigenvalue weighted by Crippen LogP contribution is -2.36. The Morgan fingerprint density at radius 1 is 1.03 bits per heavy atom. The Morgan fingerprint density at radius 3 is 2.45 bits per heavy atom. The summed E-state index contributed by atoms with van der Waals surface area (Å²) in [6.07, 6.45) is 2.73. The van der Waals surface area contributed by atoms with Crippen LogP contribution in [0.1, 0.15) is 35.4 Å². The fourth-order valence-electron chi connectivity index (χ4n) is 4.41. The van der Waals surface area contributed by atoms with Crippen molar-refractivity contribution in [2.75, 3.05) is 31.0 Å². The van der Waals surface area contributed by atoms with Crippen LogP contribution in [0.15, 0.2) is 60.7 Å². The van der Waals surface area contributed by atoms with Gasteiger partial charge in [0.2, 0.25) is 5.91 Å². The van der Waals surface area contributed by atoms with E-state index < -0.39 is 0 Å². The van der Waals surface area contributed by atoms with E-state index in [4.69, 9.17) is 27.9 Å². The lowest BCUT2D eigenvalue weighted by molar-refractivity contribution is -0.120. The van der Waals surface area contributed by atoms with Gasteiger partial charge in [-0.3, -0.25) is 4.79 Å². The first kappa shape index (κ1) is 23.5. The van der Waals surface area contributed by atoms with Gasteiger partial charge < -0.3 is 14.5 Å². The van der Waals surface area contributed by atoms with Gasteiger partial charge in [-0.2, -0.15) is 0 Å². The van der Waals surface area contributed by atoms with Gasteiger partial charge in [0.1, 0.15) is 5.75 Å². The number of hydrogen-bond donors (Lipinski definition) is 0. The van der Waals surface area contributed by atoms with E-state index in [0.29, 0.717) is 22.3 Å². The van der Waals surface area contributed by atoms with Gasteiger partial charge in [-0.15, -0.1) is 0 Å². The molecule has 0 N–H and O–H groups in total. The molecule has 0 saturated heterocycles. The van der Waals surface area contributed by atoms with Crippen molar-refractivity contribution in [2.24, 2.45) is 0 Å². The summed E-state index contributed by atoms with van der Waals surface area (Å²) in [6.45, 7) is 0.420. The Labute approximate surface area is 205 Å². The number of methoxy groups -OCH3 is 1. The van der Waals surface area contributed by atoms with E-state index >= 15 is 0 Å². The molecule has 172 valence electrons. The van der Waals surface area contributed by atoms with Gasteiger partial charge in [-0.1, -0.05) is 41.4 Å². The van der Waals surface area contributed by atoms with Gasteiger partial charge >= 0.3 is 0 Å². The number of halogens is 2. The number of ether oxygens (including phenoxy) is 1. The lowest BCUT2D eigenvalue weighted by atomic mass is 9.81. The SMILES string of the molecule is COc1ccc2c(c1)C(C(=O)N(Cc1ccc(N(C)C)cc1)c1ccc(Cl)cc1Cl)CCC2. The van der Waals surface area contributed by atoms with Gasteiger partial charge in [0.15, 0.2) is 0 Å². The number of carbonyl (C=O) groups excluding carboxylic acids is 1. The third-order valence-electron chi connectivity index (χ3n) is 6.23. The van der Waals surface area contributed by atoms with Crippen molar-refractivity contribution < 1.29 is 9.53 Å².